The summed E-state index contributed by atoms with van der Waals surface area (Å²) in [5, 5.41) is 19.8. The van der Waals surface area contributed by atoms with Gasteiger partial charge in [-0.1, -0.05) is 24.3 Å². The van der Waals surface area contributed by atoms with Gasteiger partial charge in [0.1, 0.15) is 22.8 Å². The summed E-state index contributed by atoms with van der Waals surface area (Å²) in [7, 11) is 0. The molecule has 0 aliphatic carbocycles. The SMILES string of the molecule is Cc1c(O)cc(C(=O)N2CCCC3(C=Cc4ccccc4O3)CC2)cc1O. The fourth-order valence-corrected chi connectivity index (χ4v) is 3.80. The van der Waals surface area contributed by atoms with Crippen LogP contribution in [-0.2, 0) is 0 Å². The number of nitrogens with zero attached hydrogens (tertiary/aromatic N) is 1. The highest BCUT2D eigenvalue weighted by atomic mass is 16.5. The van der Waals surface area contributed by atoms with Gasteiger partial charge >= 0.3 is 0 Å². The number of phenols is 2. The molecule has 0 radical (unpaired) electrons. The minimum absolute atomic E-state index is 0.0696. The summed E-state index contributed by atoms with van der Waals surface area (Å²) in [4.78, 5) is 14.7. The first-order valence-corrected chi connectivity index (χ1v) is 9.27. The van der Waals surface area contributed by atoms with E-state index in [2.05, 4.69) is 12.2 Å². The number of para-hydroxylation sites is 1. The zero-order valence-electron chi connectivity index (χ0n) is 15.3. The predicted molar refractivity (Wildman–Crippen MR) is 103 cm³/mol. The van der Waals surface area contributed by atoms with E-state index in [0.29, 0.717) is 30.6 Å². The number of carbonyl (C=O) groups is 1. The largest absolute Gasteiger partial charge is 0.508 e. The van der Waals surface area contributed by atoms with Gasteiger partial charge in [0.05, 0.1) is 0 Å². The van der Waals surface area contributed by atoms with E-state index in [1.807, 2.05) is 24.3 Å². The van der Waals surface area contributed by atoms with E-state index in [-0.39, 0.29) is 23.0 Å². The summed E-state index contributed by atoms with van der Waals surface area (Å²) < 4.78 is 6.32. The lowest BCUT2D eigenvalue weighted by Crippen LogP contribution is -2.38. The zero-order valence-corrected chi connectivity index (χ0v) is 15.3. The maximum atomic E-state index is 12.9. The number of amides is 1. The Morgan fingerprint density at radius 3 is 2.63 bits per heavy atom. The van der Waals surface area contributed by atoms with Crippen LogP contribution in [0.1, 0.15) is 40.7 Å². The van der Waals surface area contributed by atoms with E-state index < -0.39 is 0 Å². The molecule has 2 aliphatic heterocycles. The van der Waals surface area contributed by atoms with Gasteiger partial charge in [0.15, 0.2) is 0 Å². The highest BCUT2D eigenvalue weighted by molar-refractivity contribution is 5.95. The number of likely N-dealkylation sites (tertiary alicyclic amines) is 1. The molecular weight excluding hydrogens is 342 g/mol. The number of carbonyl (C=O) groups excluding carboxylic acids is 1. The summed E-state index contributed by atoms with van der Waals surface area (Å²) in [6.45, 7) is 2.79. The average molecular weight is 365 g/mol. The van der Waals surface area contributed by atoms with Crippen molar-refractivity contribution in [3.8, 4) is 17.2 Å². The van der Waals surface area contributed by atoms with E-state index >= 15 is 0 Å². The summed E-state index contributed by atoms with van der Waals surface area (Å²) in [6, 6.07) is 10.8. The number of aromatic hydroxyl groups is 2. The summed E-state index contributed by atoms with van der Waals surface area (Å²) in [5.41, 5.74) is 1.37. The van der Waals surface area contributed by atoms with E-state index in [0.717, 1.165) is 24.2 Å². The molecule has 0 saturated carbocycles. The van der Waals surface area contributed by atoms with Crippen molar-refractivity contribution < 1.29 is 19.7 Å². The van der Waals surface area contributed by atoms with Crippen LogP contribution in [0, 0.1) is 6.92 Å². The fourth-order valence-electron chi connectivity index (χ4n) is 3.80. The number of hydrogen-bond donors (Lipinski definition) is 2. The minimum Gasteiger partial charge on any atom is -0.508 e. The molecular formula is C22H23NO4. The van der Waals surface area contributed by atoms with Crippen molar-refractivity contribution in [1.29, 1.82) is 0 Å². The highest BCUT2D eigenvalue weighted by Crippen LogP contribution is 2.37. The molecule has 1 spiro atoms. The van der Waals surface area contributed by atoms with Crippen molar-refractivity contribution in [2.75, 3.05) is 13.1 Å². The topological polar surface area (TPSA) is 70.0 Å². The van der Waals surface area contributed by atoms with Gasteiger partial charge in [-0.25, -0.2) is 0 Å². The van der Waals surface area contributed by atoms with Gasteiger partial charge in [0.25, 0.3) is 5.91 Å². The standard InChI is InChI=1S/C22H23NO4/c1-15-18(24)13-17(14-19(15)25)21(26)23-11-4-8-22(10-12-23)9-7-16-5-2-3-6-20(16)27-22/h2-3,5-7,9,13-14,24-25H,4,8,10-12H2,1H3. The molecule has 140 valence electrons. The Morgan fingerprint density at radius 1 is 1.11 bits per heavy atom. The molecule has 2 aromatic rings. The highest BCUT2D eigenvalue weighted by Gasteiger charge is 2.36. The molecule has 5 heteroatoms. The van der Waals surface area contributed by atoms with Gasteiger partial charge in [-0.3, -0.25) is 4.79 Å². The Balaban J connectivity index is 1.52. The quantitative estimate of drug-likeness (QED) is 0.805. The zero-order chi connectivity index (χ0) is 19.0. The second-order valence-electron chi connectivity index (χ2n) is 7.32. The summed E-state index contributed by atoms with van der Waals surface area (Å²) >= 11 is 0. The van der Waals surface area contributed by atoms with Crippen molar-refractivity contribution in [3.63, 3.8) is 0 Å². The Labute approximate surface area is 158 Å². The molecule has 1 fully saturated rings. The molecule has 1 unspecified atom stereocenters. The lowest BCUT2D eigenvalue weighted by atomic mass is 9.91. The first-order valence-electron chi connectivity index (χ1n) is 9.27. The molecule has 0 aromatic heterocycles. The monoisotopic (exact) mass is 365 g/mol. The van der Waals surface area contributed by atoms with E-state index in [4.69, 9.17) is 4.74 Å². The van der Waals surface area contributed by atoms with Crippen LogP contribution in [-0.4, -0.2) is 39.7 Å². The first kappa shape index (κ1) is 17.5. The number of phenolic OH excluding ortho intramolecular Hbond substituents is 2. The maximum absolute atomic E-state index is 12.9. The molecule has 27 heavy (non-hydrogen) atoms. The lowest BCUT2D eigenvalue weighted by Gasteiger charge is -2.34. The Kier molecular flexibility index (Phi) is 4.30. The van der Waals surface area contributed by atoms with Crippen molar-refractivity contribution >= 4 is 12.0 Å². The normalized spacial score (nSPS) is 21.4. The summed E-state index contributed by atoms with van der Waals surface area (Å²) in [6.07, 6.45) is 6.58. The third-order valence-electron chi connectivity index (χ3n) is 5.52. The first-order chi connectivity index (χ1) is 13.0. The van der Waals surface area contributed by atoms with Crippen molar-refractivity contribution in [2.45, 2.75) is 31.8 Å². The van der Waals surface area contributed by atoms with Crippen LogP contribution < -0.4 is 4.74 Å². The van der Waals surface area contributed by atoms with Gasteiger partial charge in [-0.05, 0) is 44.0 Å². The molecule has 4 rings (SSSR count). The molecule has 1 amide bonds. The fraction of sp³-hybridized carbons (Fsp3) is 0.318. The minimum atomic E-state index is -0.388. The number of fused-ring (bicyclic) bond motifs is 1. The Hall–Kier alpha value is -2.95. The molecule has 2 N–H and O–H groups in total. The van der Waals surface area contributed by atoms with E-state index in [1.54, 1.807) is 11.8 Å². The number of benzene rings is 2. The lowest BCUT2D eigenvalue weighted by molar-refractivity contribution is 0.0729. The molecule has 2 heterocycles. The van der Waals surface area contributed by atoms with Gasteiger partial charge in [-0.2, -0.15) is 0 Å². The smallest absolute Gasteiger partial charge is 0.254 e. The molecule has 0 bridgehead atoms. The van der Waals surface area contributed by atoms with Gasteiger partial charge in [-0.15, -0.1) is 0 Å². The van der Waals surface area contributed by atoms with Crippen LogP contribution >= 0.6 is 0 Å². The van der Waals surface area contributed by atoms with E-state index in [9.17, 15) is 15.0 Å². The van der Waals surface area contributed by atoms with Gasteiger partial charge in [0, 0.05) is 36.2 Å². The molecule has 1 atom stereocenters. The average Bonchev–Trinajstić information content (AvgIpc) is 2.87. The van der Waals surface area contributed by atoms with Crippen LogP contribution in [0.3, 0.4) is 0 Å². The second-order valence-corrected chi connectivity index (χ2v) is 7.32. The van der Waals surface area contributed by atoms with Crippen molar-refractivity contribution in [3.05, 3.63) is 59.2 Å². The third kappa shape index (κ3) is 3.25. The molecule has 2 aromatic carbocycles. The van der Waals surface area contributed by atoms with Gasteiger partial charge < -0.3 is 19.8 Å². The molecule has 2 aliphatic rings. The van der Waals surface area contributed by atoms with E-state index in [1.165, 1.54) is 12.1 Å². The summed E-state index contributed by atoms with van der Waals surface area (Å²) in [5.74, 6) is 0.561. The predicted octanol–water partition coefficient (Wildman–Crippen LogP) is 3.88. The number of rotatable bonds is 1. The maximum Gasteiger partial charge on any atom is 0.254 e. The van der Waals surface area contributed by atoms with Crippen LogP contribution in [0.25, 0.3) is 6.08 Å². The number of ether oxygens (including phenoxy) is 1. The van der Waals surface area contributed by atoms with Crippen molar-refractivity contribution in [2.24, 2.45) is 0 Å². The van der Waals surface area contributed by atoms with Crippen LogP contribution in [0.2, 0.25) is 0 Å². The number of hydrogen-bond acceptors (Lipinski definition) is 4. The Morgan fingerprint density at radius 2 is 1.85 bits per heavy atom. The van der Waals surface area contributed by atoms with Crippen LogP contribution in [0.5, 0.6) is 17.2 Å². The van der Waals surface area contributed by atoms with Gasteiger partial charge in [0.2, 0.25) is 0 Å². The van der Waals surface area contributed by atoms with Crippen LogP contribution in [0.4, 0.5) is 0 Å². The third-order valence-corrected chi connectivity index (χ3v) is 5.52. The van der Waals surface area contributed by atoms with Crippen molar-refractivity contribution in [1.82, 2.24) is 4.90 Å². The molecule has 1 saturated heterocycles. The molecule has 5 nitrogen and oxygen atoms in total. The van der Waals surface area contributed by atoms with Crippen LogP contribution in [0.15, 0.2) is 42.5 Å². The Bertz CT molecular complexity index is 897. The second kappa shape index (κ2) is 6.65.